The molecule has 0 fully saturated rings. The van der Waals surface area contributed by atoms with Crippen LogP contribution in [0.25, 0.3) is 0 Å². The van der Waals surface area contributed by atoms with E-state index < -0.39 is 0 Å². The lowest BCUT2D eigenvalue weighted by Gasteiger charge is -2.19. The van der Waals surface area contributed by atoms with Crippen LogP contribution in [-0.4, -0.2) is 11.2 Å². The number of allylic oxidation sites excluding steroid dienone is 3. The number of rotatable bonds is 3. The molecule has 0 aromatic rings. The van der Waals surface area contributed by atoms with Gasteiger partial charge in [-0.3, -0.25) is 0 Å². The first kappa shape index (κ1) is 11.5. The molecule has 0 radical (unpaired) electrons. The Labute approximate surface area is 87.5 Å². The molecule has 1 rings (SSSR count). The van der Waals surface area contributed by atoms with Gasteiger partial charge in [-0.05, 0) is 51.0 Å². The predicted molar refractivity (Wildman–Crippen MR) is 61.2 cm³/mol. The summed E-state index contributed by atoms with van der Waals surface area (Å²) >= 11 is 0. The first-order chi connectivity index (χ1) is 6.63. The molecule has 0 heterocycles. The highest BCUT2D eigenvalue weighted by Crippen LogP contribution is 2.25. The Morgan fingerprint density at radius 1 is 1.71 bits per heavy atom. The molecule has 1 aliphatic carbocycles. The summed E-state index contributed by atoms with van der Waals surface area (Å²) in [6.45, 7) is 6.26. The average molecular weight is 194 g/mol. The van der Waals surface area contributed by atoms with Crippen molar-refractivity contribution in [2.75, 3.05) is 0 Å². The molecule has 1 N–H and O–H groups in total. The van der Waals surface area contributed by atoms with E-state index in [4.69, 9.17) is 0 Å². The van der Waals surface area contributed by atoms with Gasteiger partial charge in [0.25, 0.3) is 0 Å². The van der Waals surface area contributed by atoms with Gasteiger partial charge in [-0.15, -0.1) is 0 Å². The molecule has 1 nitrogen and oxygen atoms in total. The van der Waals surface area contributed by atoms with Crippen molar-refractivity contribution in [1.82, 2.24) is 0 Å². The van der Waals surface area contributed by atoms with E-state index in [1.807, 2.05) is 13.8 Å². The van der Waals surface area contributed by atoms with Gasteiger partial charge in [0, 0.05) is 0 Å². The lowest BCUT2D eigenvalue weighted by atomic mass is 9.88. The summed E-state index contributed by atoms with van der Waals surface area (Å²) in [4.78, 5) is 0. The molecule has 0 aliphatic heterocycles. The van der Waals surface area contributed by atoms with Crippen LogP contribution in [-0.2, 0) is 0 Å². The maximum atomic E-state index is 9.63. The Morgan fingerprint density at radius 2 is 2.43 bits per heavy atom. The van der Waals surface area contributed by atoms with Crippen LogP contribution in [0.3, 0.4) is 0 Å². The van der Waals surface area contributed by atoms with Gasteiger partial charge in [0.2, 0.25) is 0 Å². The van der Waals surface area contributed by atoms with E-state index >= 15 is 0 Å². The molecule has 0 saturated carbocycles. The molecule has 2 unspecified atom stereocenters. The third kappa shape index (κ3) is 3.30. The van der Waals surface area contributed by atoms with Crippen LogP contribution in [0.15, 0.2) is 23.3 Å². The van der Waals surface area contributed by atoms with Gasteiger partial charge >= 0.3 is 0 Å². The van der Waals surface area contributed by atoms with Gasteiger partial charge in [0.05, 0.1) is 6.10 Å². The van der Waals surface area contributed by atoms with E-state index in [9.17, 15) is 5.11 Å². The molecule has 80 valence electrons. The van der Waals surface area contributed by atoms with E-state index in [-0.39, 0.29) is 6.10 Å². The van der Waals surface area contributed by atoms with Crippen molar-refractivity contribution in [2.45, 2.75) is 52.6 Å². The zero-order valence-electron chi connectivity index (χ0n) is 9.59. The van der Waals surface area contributed by atoms with Gasteiger partial charge in [0.15, 0.2) is 0 Å². The fourth-order valence-corrected chi connectivity index (χ4v) is 1.94. The minimum absolute atomic E-state index is 0.234. The minimum Gasteiger partial charge on any atom is -0.389 e. The summed E-state index contributed by atoms with van der Waals surface area (Å²) in [5.41, 5.74) is 2.66. The van der Waals surface area contributed by atoms with Gasteiger partial charge in [-0.1, -0.05) is 24.6 Å². The van der Waals surface area contributed by atoms with Crippen molar-refractivity contribution in [3.8, 4) is 0 Å². The van der Waals surface area contributed by atoms with Gasteiger partial charge in [-0.2, -0.15) is 0 Å². The fraction of sp³-hybridized carbons (Fsp3) is 0.692. The smallest absolute Gasteiger partial charge is 0.0744 e. The molecule has 1 aliphatic rings. The number of aliphatic hydroxyl groups is 1. The number of aliphatic hydroxyl groups excluding tert-OH is 1. The van der Waals surface area contributed by atoms with E-state index in [1.165, 1.54) is 18.4 Å². The van der Waals surface area contributed by atoms with E-state index in [2.05, 4.69) is 19.1 Å². The van der Waals surface area contributed by atoms with Crippen molar-refractivity contribution in [1.29, 1.82) is 0 Å². The highest BCUT2D eigenvalue weighted by atomic mass is 16.3. The molecular formula is C13H22O. The van der Waals surface area contributed by atoms with Crippen LogP contribution in [0.4, 0.5) is 0 Å². The van der Waals surface area contributed by atoms with Crippen molar-refractivity contribution in [2.24, 2.45) is 5.92 Å². The van der Waals surface area contributed by atoms with Crippen molar-refractivity contribution >= 4 is 0 Å². The Bertz CT molecular complexity index is 238. The molecule has 0 aromatic heterocycles. The van der Waals surface area contributed by atoms with Crippen LogP contribution in [0.1, 0.15) is 46.5 Å². The second kappa shape index (κ2) is 5.35. The number of hydrogen-bond acceptors (Lipinski definition) is 1. The van der Waals surface area contributed by atoms with Crippen LogP contribution < -0.4 is 0 Å². The Kier molecular flexibility index (Phi) is 4.40. The molecule has 0 bridgehead atoms. The third-order valence-corrected chi connectivity index (χ3v) is 3.09. The predicted octanol–water partition coefficient (Wildman–Crippen LogP) is 3.45. The first-order valence-corrected chi connectivity index (χ1v) is 5.65. The SMILES string of the molecule is CCC(O)C(C)=CC1CC=C(C)CC1. The largest absolute Gasteiger partial charge is 0.389 e. The second-order valence-electron chi connectivity index (χ2n) is 4.42. The lowest BCUT2D eigenvalue weighted by Crippen LogP contribution is -2.09. The highest BCUT2D eigenvalue weighted by Gasteiger charge is 2.12. The highest BCUT2D eigenvalue weighted by molar-refractivity contribution is 5.12. The summed E-state index contributed by atoms with van der Waals surface area (Å²) in [5.74, 6) is 0.653. The standard InChI is InChI=1S/C13H22O/c1-4-13(14)11(3)9-12-7-5-10(2)6-8-12/h5,9,12-14H,4,6-8H2,1-3H3. The summed E-state index contributed by atoms with van der Waals surface area (Å²) in [5, 5.41) is 9.63. The molecular weight excluding hydrogens is 172 g/mol. The molecule has 0 spiro atoms. The average Bonchev–Trinajstić information content (AvgIpc) is 2.20. The Hall–Kier alpha value is -0.560. The first-order valence-electron chi connectivity index (χ1n) is 5.65. The fourth-order valence-electron chi connectivity index (χ4n) is 1.94. The van der Waals surface area contributed by atoms with Crippen molar-refractivity contribution in [3.05, 3.63) is 23.3 Å². The molecule has 1 heteroatoms. The quantitative estimate of drug-likeness (QED) is 0.682. The monoisotopic (exact) mass is 194 g/mol. The molecule has 14 heavy (non-hydrogen) atoms. The molecule has 0 saturated heterocycles. The lowest BCUT2D eigenvalue weighted by molar-refractivity contribution is 0.205. The Morgan fingerprint density at radius 3 is 2.93 bits per heavy atom. The maximum Gasteiger partial charge on any atom is 0.0744 e. The summed E-state index contributed by atoms with van der Waals surface area (Å²) in [6.07, 6.45) is 8.80. The normalized spacial score (nSPS) is 25.9. The zero-order chi connectivity index (χ0) is 10.6. The maximum absolute atomic E-state index is 9.63. The van der Waals surface area contributed by atoms with Crippen LogP contribution in [0.5, 0.6) is 0 Å². The van der Waals surface area contributed by atoms with Crippen LogP contribution in [0, 0.1) is 5.92 Å². The van der Waals surface area contributed by atoms with E-state index in [0.717, 1.165) is 18.4 Å². The third-order valence-electron chi connectivity index (χ3n) is 3.09. The summed E-state index contributed by atoms with van der Waals surface area (Å²) < 4.78 is 0. The van der Waals surface area contributed by atoms with Crippen molar-refractivity contribution in [3.63, 3.8) is 0 Å². The second-order valence-corrected chi connectivity index (χ2v) is 4.42. The molecule has 0 amide bonds. The Balaban J connectivity index is 2.52. The van der Waals surface area contributed by atoms with Gasteiger partial charge in [-0.25, -0.2) is 0 Å². The van der Waals surface area contributed by atoms with E-state index in [0.29, 0.717) is 5.92 Å². The van der Waals surface area contributed by atoms with Gasteiger partial charge in [0.1, 0.15) is 0 Å². The summed E-state index contributed by atoms with van der Waals surface area (Å²) in [7, 11) is 0. The molecule has 2 atom stereocenters. The summed E-state index contributed by atoms with van der Waals surface area (Å²) in [6, 6.07) is 0. The topological polar surface area (TPSA) is 20.2 Å². The van der Waals surface area contributed by atoms with Crippen molar-refractivity contribution < 1.29 is 5.11 Å². The number of hydrogen-bond donors (Lipinski definition) is 1. The van der Waals surface area contributed by atoms with Crippen LogP contribution in [0.2, 0.25) is 0 Å². The minimum atomic E-state index is -0.234. The zero-order valence-corrected chi connectivity index (χ0v) is 9.59. The van der Waals surface area contributed by atoms with Gasteiger partial charge < -0.3 is 5.11 Å². The van der Waals surface area contributed by atoms with Crippen LogP contribution >= 0.6 is 0 Å². The molecule has 0 aromatic carbocycles. The van der Waals surface area contributed by atoms with E-state index in [1.54, 1.807) is 0 Å².